The van der Waals surface area contributed by atoms with Crippen LogP contribution in [-0.2, 0) is 4.79 Å². The summed E-state index contributed by atoms with van der Waals surface area (Å²) in [6.45, 7) is 3.76. The zero-order valence-electron chi connectivity index (χ0n) is 14.6. The lowest BCUT2D eigenvalue weighted by Crippen LogP contribution is -2.33. The number of nitrogens with zero attached hydrogens (tertiary/aromatic N) is 3. The van der Waals surface area contributed by atoms with Crippen molar-refractivity contribution in [3.63, 3.8) is 0 Å². The molecule has 0 unspecified atom stereocenters. The van der Waals surface area contributed by atoms with E-state index in [9.17, 15) is 9.59 Å². The van der Waals surface area contributed by atoms with E-state index >= 15 is 0 Å². The molecule has 0 saturated heterocycles. The Balaban J connectivity index is 1.57. The lowest BCUT2D eigenvalue weighted by atomic mass is 10.1. The molecule has 2 amide bonds. The second-order valence-corrected chi connectivity index (χ2v) is 5.88. The predicted octanol–water partition coefficient (Wildman–Crippen LogP) is 2.25. The Morgan fingerprint density at radius 1 is 1.04 bits per heavy atom. The molecule has 1 aromatic heterocycles. The standard InChI is InChI=1S/C19H19N5O2/c1-13-4-3-5-14(2)18(13)23-17(25)10-21-19(26)15-6-8-16(9-7-15)24-12-20-11-22-24/h3-9,11-12H,10H2,1-2H3,(H,21,26)(H,23,25). The maximum atomic E-state index is 12.2. The molecule has 0 aliphatic carbocycles. The molecule has 2 N–H and O–H groups in total. The number of carbonyl (C=O) groups is 2. The number of para-hydroxylation sites is 1. The van der Waals surface area contributed by atoms with Gasteiger partial charge in [0.25, 0.3) is 5.91 Å². The van der Waals surface area contributed by atoms with Gasteiger partial charge in [-0.3, -0.25) is 9.59 Å². The minimum atomic E-state index is -0.313. The average Bonchev–Trinajstić information content (AvgIpc) is 3.18. The summed E-state index contributed by atoms with van der Waals surface area (Å²) in [6.07, 6.45) is 3.02. The first-order chi connectivity index (χ1) is 12.5. The number of benzene rings is 2. The van der Waals surface area contributed by atoms with Crippen molar-refractivity contribution in [2.24, 2.45) is 0 Å². The Morgan fingerprint density at radius 3 is 2.35 bits per heavy atom. The van der Waals surface area contributed by atoms with E-state index in [1.807, 2.05) is 32.0 Å². The minimum absolute atomic E-state index is 0.0998. The van der Waals surface area contributed by atoms with Crippen molar-refractivity contribution in [3.8, 4) is 5.69 Å². The van der Waals surface area contributed by atoms with E-state index in [1.165, 1.54) is 6.33 Å². The molecule has 0 aliphatic rings. The summed E-state index contributed by atoms with van der Waals surface area (Å²) in [4.78, 5) is 28.2. The molecule has 0 atom stereocenters. The molecule has 132 valence electrons. The fraction of sp³-hybridized carbons (Fsp3) is 0.158. The van der Waals surface area contributed by atoms with Gasteiger partial charge < -0.3 is 10.6 Å². The lowest BCUT2D eigenvalue weighted by molar-refractivity contribution is -0.115. The summed E-state index contributed by atoms with van der Waals surface area (Å²) in [5.74, 6) is -0.582. The predicted molar refractivity (Wildman–Crippen MR) is 98.2 cm³/mol. The fourth-order valence-corrected chi connectivity index (χ4v) is 2.56. The van der Waals surface area contributed by atoms with Gasteiger partial charge in [0.1, 0.15) is 12.7 Å². The third kappa shape index (κ3) is 3.94. The van der Waals surface area contributed by atoms with Crippen LogP contribution in [-0.4, -0.2) is 33.1 Å². The van der Waals surface area contributed by atoms with Gasteiger partial charge >= 0.3 is 0 Å². The third-order valence-corrected chi connectivity index (χ3v) is 3.97. The number of hydrogen-bond donors (Lipinski definition) is 2. The Bertz CT molecular complexity index is 897. The molecule has 26 heavy (non-hydrogen) atoms. The molecule has 0 radical (unpaired) electrons. The molecular weight excluding hydrogens is 330 g/mol. The van der Waals surface area contributed by atoms with Crippen LogP contribution < -0.4 is 10.6 Å². The number of rotatable bonds is 5. The van der Waals surface area contributed by atoms with Crippen molar-refractivity contribution in [1.82, 2.24) is 20.1 Å². The summed E-state index contributed by atoms with van der Waals surface area (Å²) >= 11 is 0. The topological polar surface area (TPSA) is 88.9 Å². The number of aryl methyl sites for hydroxylation is 2. The Hall–Kier alpha value is -3.48. The van der Waals surface area contributed by atoms with Crippen molar-refractivity contribution in [3.05, 3.63) is 71.8 Å². The van der Waals surface area contributed by atoms with Gasteiger partial charge in [-0.05, 0) is 49.2 Å². The third-order valence-electron chi connectivity index (χ3n) is 3.97. The largest absolute Gasteiger partial charge is 0.343 e. The molecule has 7 nitrogen and oxygen atoms in total. The van der Waals surface area contributed by atoms with E-state index in [4.69, 9.17) is 0 Å². The van der Waals surface area contributed by atoms with Crippen molar-refractivity contribution in [2.75, 3.05) is 11.9 Å². The smallest absolute Gasteiger partial charge is 0.251 e. The SMILES string of the molecule is Cc1cccc(C)c1NC(=O)CNC(=O)c1ccc(-n2cncn2)cc1. The molecule has 0 saturated carbocycles. The molecule has 7 heteroatoms. The van der Waals surface area contributed by atoms with Crippen molar-refractivity contribution in [2.45, 2.75) is 13.8 Å². The number of nitrogens with one attached hydrogen (secondary N) is 2. The maximum absolute atomic E-state index is 12.2. The second kappa shape index (κ2) is 7.60. The summed E-state index contributed by atoms with van der Waals surface area (Å²) in [6, 6.07) is 12.7. The van der Waals surface area contributed by atoms with Crippen molar-refractivity contribution >= 4 is 17.5 Å². The molecule has 0 fully saturated rings. The average molecular weight is 349 g/mol. The summed E-state index contributed by atoms with van der Waals surface area (Å²) in [5.41, 5.74) is 4.01. The van der Waals surface area contributed by atoms with Gasteiger partial charge in [0.05, 0.1) is 12.2 Å². The number of anilines is 1. The molecule has 3 aromatic rings. The molecule has 0 aliphatic heterocycles. The maximum Gasteiger partial charge on any atom is 0.251 e. The Labute approximate surface area is 151 Å². The molecule has 0 spiro atoms. The van der Waals surface area contributed by atoms with Gasteiger partial charge in [-0.2, -0.15) is 5.10 Å². The van der Waals surface area contributed by atoms with E-state index in [-0.39, 0.29) is 18.4 Å². The summed E-state index contributed by atoms with van der Waals surface area (Å²) < 4.78 is 1.60. The fourth-order valence-electron chi connectivity index (χ4n) is 2.56. The van der Waals surface area contributed by atoms with E-state index in [1.54, 1.807) is 35.3 Å². The summed E-state index contributed by atoms with van der Waals surface area (Å²) in [5, 5.41) is 9.49. The van der Waals surface area contributed by atoms with Gasteiger partial charge in [0, 0.05) is 11.3 Å². The lowest BCUT2D eigenvalue weighted by Gasteiger charge is -2.12. The molecule has 2 aromatic carbocycles. The first kappa shape index (κ1) is 17.3. The van der Waals surface area contributed by atoms with Gasteiger partial charge in [-0.15, -0.1) is 0 Å². The number of amides is 2. The van der Waals surface area contributed by atoms with E-state index in [2.05, 4.69) is 20.7 Å². The minimum Gasteiger partial charge on any atom is -0.343 e. The van der Waals surface area contributed by atoms with Crippen LogP contribution in [0.25, 0.3) is 5.69 Å². The second-order valence-electron chi connectivity index (χ2n) is 5.88. The zero-order valence-corrected chi connectivity index (χ0v) is 14.6. The highest BCUT2D eigenvalue weighted by molar-refractivity contribution is 5.99. The highest BCUT2D eigenvalue weighted by Crippen LogP contribution is 2.19. The van der Waals surface area contributed by atoms with Crippen LogP contribution in [0.2, 0.25) is 0 Å². The molecular formula is C19H19N5O2. The van der Waals surface area contributed by atoms with Crippen LogP contribution in [0.15, 0.2) is 55.1 Å². The van der Waals surface area contributed by atoms with Gasteiger partial charge in [0.2, 0.25) is 5.91 Å². The quantitative estimate of drug-likeness (QED) is 0.739. The first-order valence-electron chi connectivity index (χ1n) is 8.14. The number of carbonyl (C=O) groups excluding carboxylic acids is 2. The van der Waals surface area contributed by atoms with Crippen LogP contribution in [0.1, 0.15) is 21.5 Å². The molecule has 1 heterocycles. The van der Waals surface area contributed by atoms with E-state index in [0.717, 1.165) is 22.5 Å². The Morgan fingerprint density at radius 2 is 1.73 bits per heavy atom. The van der Waals surface area contributed by atoms with Crippen LogP contribution in [0.5, 0.6) is 0 Å². The molecule has 3 rings (SSSR count). The van der Waals surface area contributed by atoms with Gasteiger partial charge in [0.15, 0.2) is 0 Å². The Kier molecular flexibility index (Phi) is 5.07. The van der Waals surface area contributed by atoms with Crippen LogP contribution in [0, 0.1) is 13.8 Å². The highest BCUT2D eigenvalue weighted by Gasteiger charge is 2.10. The van der Waals surface area contributed by atoms with Crippen molar-refractivity contribution < 1.29 is 9.59 Å². The number of aromatic nitrogens is 3. The van der Waals surface area contributed by atoms with Crippen LogP contribution in [0.4, 0.5) is 5.69 Å². The van der Waals surface area contributed by atoms with E-state index in [0.29, 0.717) is 5.56 Å². The van der Waals surface area contributed by atoms with Crippen LogP contribution >= 0.6 is 0 Å². The molecule has 0 bridgehead atoms. The van der Waals surface area contributed by atoms with Crippen LogP contribution in [0.3, 0.4) is 0 Å². The van der Waals surface area contributed by atoms with Gasteiger partial charge in [-0.25, -0.2) is 9.67 Å². The van der Waals surface area contributed by atoms with Crippen molar-refractivity contribution in [1.29, 1.82) is 0 Å². The van der Waals surface area contributed by atoms with E-state index < -0.39 is 0 Å². The summed E-state index contributed by atoms with van der Waals surface area (Å²) in [7, 11) is 0. The normalized spacial score (nSPS) is 10.4. The monoisotopic (exact) mass is 349 g/mol. The van der Waals surface area contributed by atoms with Gasteiger partial charge in [-0.1, -0.05) is 18.2 Å². The first-order valence-corrected chi connectivity index (χ1v) is 8.14. The zero-order chi connectivity index (χ0) is 18.5. The number of hydrogen-bond acceptors (Lipinski definition) is 4. The highest BCUT2D eigenvalue weighted by atomic mass is 16.2.